The van der Waals surface area contributed by atoms with E-state index >= 15 is 0 Å². The van der Waals surface area contributed by atoms with Gasteiger partial charge in [-0.05, 0) is 14.0 Å². The summed E-state index contributed by atoms with van der Waals surface area (Å²) in [4.78, 5) is 24.7. The Hall–Kier alpha value is -1.18. The first-order valence-electron chi connectivity index (χ1n) is 6.28. The second-order valence-corrected chi connectivity index (χ2v) is 4.67. The van der Waals surface area contributed by atoms with Crippen molar-refractivity contribution in [2.24, 2.45) is 5.92 Å². The highest BCUT2D eigenvalue weighted by atomic mass is 16.5. The molecule has 1 rings (SSSR count). The molecule has 3 unspecified atom stereocenters. The molecule has 0 spiro atoms. The number of nitrogens with one attached hydrogen (secondary N) is 1. The topological polar surface area (TPSA) is 88.1 Å². The van der Waals surface area contributed by atoms with Crippen molar-refractivity contribution in [3.63, 3.8) is 0 Å². The zero-order valence-corrected chi connectivity index (χ0v) is 11.6. The van der Waals surface area contributed by atoms with Gasteiger partial charge in [-0.2, -0.15) is 0 Å². The molecule has 0 bridgehead atoms. The van der Waals surface area contributed by atoms with Crippen LogP contribution in [0.4, 0.5) is 0 Å². The summed E-state index contributed by atoms with van der Waals surface area (Å²) in [6, 6.07) is -0.689. The van der Waals surface area contributed by atoms with Gasteiger partial charge in [-0.3, -0.25) is 14.5 Å². The van der Waals surface area contributed by atoms with E-state index in [0.29, 0.717) is 19.8 Å². The second-order valence-electron chi connectivity index (χ2n) is 4.67. The molecule has 0 saturated carbocycles. The van der Waals surface area contributed by atoms with Gasteiger partial charge in [0.1, 0.15) is 0 Å². The number of methoxy groups -OCH3 is 1. The van der Waals surface area contributed by atoms with Gasteiger partial charge in [-0.25, -0.2) is 0 Å². The van der Waals surface area contributed by atoms with Crippen molar-refractivity contribution >= 4 is 11.9 Å². The molecule has 1 heterocycles. The van der Waals surface area contributed by atoms with Crippen molar-refractivity contribution in [2.75, 3.05) is 40.5 Å². The summed E-state index contributed by atoms with van der Waals surface area (Å²) in [5.41, 5.74) is 0. The number of likely N-dealkylation sites (N-methyl/N-ethyl adjacent to an activating group) is 1. The van der Waals surface area contributed by atoms with Crippen LogP contribution in [-0.2, 0) is 19.1 Å². The van der Waals surface area contributed by atoms with E-state index in [4.69, 9.17) is 14.6 Å². The van der Waals surface area contributed by atoms with Crippen LogP contribution in [0.5, 0.6) is 0 Å². The van der Waals surface area contributed by atoms with Crippen LogP contribution < -0.4 is 5.32 Å². The van der Waals surface area contributed by atoms with Crippen LogP contribution in [0.2, 0.25) is 0 Å². The van der Waals surface area contributed by atoms with E-state index < -0.39 is 17.9 Å². The minimum atomic E-state index is -0.888. The zero-order chi connectivity index (χ0) is 14.4. The summed E-state index contributed by atoms with van der Waals surface area (Å²) in [6.45, 7) is 3.17. The average molecular weight is 274 g/mol. The lowest BCUT2D eigenvalue weighted by molar-refractivity contribution is -0.144. The number of carboxylic acid groups (broad SMARTS) is 1. The standard InChI is InChI=1S/C12H22N2O5/c1-8(11(15)13-4-5-18-3)14(2)10-7-19-6-9(10)12(16)17/h8-10H,4-7H2,1-3H3,(H,13,15)(H,16,17). The van der Waals surface area contributed by atoms with E-state index in [-0.39, 0.29) is 18.6 Å². The lowest BCUT2D eigenvalue weighted by Gasteiger charge is -2.30. The second kappa shape index (κ2) is 7.42. The minimum Gasteiger partial charge on any atom is -0.481 e. The SMILES string of the molecule is COCCNC(=O)C(C)N(C)C1COCC1C(=O)O. The zero-order valence-electron chi connectivity index (χ0n) is 11.6. The van der Waals surface area contributed by atoms with E-state index in [2.05, 4.69) is 5.32 Å². The van der Waals surface area contributed by atoms with Gasteiger partial charge >= 0.3 is 5.97 Å². The number of rotatable bonds is 7. The van der Waals surface area contributed by atoms with Gasteiger partial charge in [0, 0.05) is 19.7 Å². The maximum Gasteiger partial charge on any atom is 0.310 e. The van der Waals surface area contributed by atoms with Crippen molar-refractivity contribution in [3.05, 3.63) is 0 Å². The predicted octanol–water partition coefficient (Wildman–Crippen LogP) is -0.831. The highest BCUT2D eigenvalue weighted by molar-refractivity contribution is 5.81. The number of carbonyl (C=O) groups is 2. The normalized spacial score (nSPS) is 24.4. The fourth-order valence-electron chi connectivity index (χ4n) is 2.08. The molecule has 1 aliphatic heterocycles. The van der Waals surface area contributed by atoms with Crippen LogP contribution in [0.3, 0.4) is 0 Å². The number of hydrogen-bond acceptors (Lipinski definition) is 5. The van der Waals surface area contributed by atoms with Gasteiger partial charge in [0.25, 0.3) is 0 Å². The Bertz CT molecular complexity index is 323. The maximum absolute atomic E-state index is 11.9. The van der Waals surface area contributed by atoms with Crippen LogP contribution in [0, 0.1) is 5.92 Å². The number of ether oxygens (including phenoxy) is 2. The molecule has 1 saturated heterocycles. The van der Waals surface area contributed by atoms with Crippen LogP contribution in [0.15, 0.2) is 0 Å². The number of hydrogen-bond donors (Lipinski definition) is 2. The Morgan fingerprint density at radius 3 is 2.79 bits per heavy atom. The highest BCUT2D eigenvalue weighted by Crippen LogP contribution is 2.20. The van der Waals surface area contributed by atoms with Gasteiger partial charge < -0.3 is 19.9 Å². The molecule has 0 aliphatic carbocycles. The van der Waals surface area contributed by atoms with Crippen molar-refractivity contribution in [2.45, 2.75) is 19.0 Å². The van der Waals surface area contributed by atoms with Crippen molar-refractivity contribution in [1.82, 2.24) is 10.2 Å². The first kappa shape index (κ1) is 15.9. The van der Waals surface area contributed by atoms with Crippen molar-refractivity contribution < 1.29 is 24.2 Å². The Morgan fingerprint density at radius 2 is 2.21 bits per heavy atom. The molecule has 0 radical (unpaired) electrons. The van der Waals surface area contributed by atoms with Crippen molar-refractivity contribution in [1.29, 1.82) is 0 Å². The third kappa shape index (κ3) is 4.15. The Balaban J connectivity index is 2.53. The molecule has 3 atom stereocenters. The summed E-state index contributed by atoms with van der Waals surface area (Å²) < 4.78 is 10.1. The summed E-state index contributed by atoms with van der Waals surface area (Å²) >= 11 is 0. The van der Waals surface area contributed by atoms with E-state index in [0.717, 1.165) is 0 Å². The fourth-order valence-corrected chi connectivity index (χ4v) is 2.08. The molecule has 0 aromatic rings. The Morgan fingerprint density at radius 1 is 1.53 bits per heavy atom. The van der Waals surface area contributed by atoms with E-state index in [9.17, 15) is 9.59 Å². The molecule has 0 aromatic carbocycles. The highest BCUT2D eigenvalue weighted by Gasteiger charge is 2.39. The van der Waals surface area contributed by atoms with Gasteiger partial charge in [0.15, 0.2) is 0 Å². The Kier molecular flexibility index (Phi) is 6.20. The molecule has 7 nitrogen and oxygen atoms in total. The number of aliphatic carboxylic acids is 1. The molecule has 1 amide bonds. The lowest BCUT2D eigenvalue weighted by Crippen LogP contribution is -2.51. The Labute approximate surface area is 112 Å². The molecule has 1 fully saturated rings. The van der Waals surface area contributed by atoms with Crippen LogP contribution >= 0.6 is 0 Å². The number of carboxylic acids is 1. The molecule has 7 heteroatoms. The predicted molar refractivity (Wildman–Crippen MR) is 67.8 cm³/mol. The minimum absolute atomic E-state index is 0.143. The smallest absolute Gasteiger partial charge is 0.310 e. The summed E-state index contributed by atoms with van der Waals surface area (Å²) in [6.07, 6.45) is 0. The monoisotopic (exact) mass is 274 g/mol. The third-order valence-corrected chi connectivity index (χ3v) is 3.49. The van der Waals surface area contributed by atoms with Gasteiger partial charge in [-0.1, -0.05) is 0 Å². The number of carbonyl (C=O) groups excluding carboxylic acids is 1. The summed E-state index contributed by atoms with van der Waals surface area (Å²) in [5.74, 6) is -1.61. The fraction of sp³-hybridized carbons (Fsp3) is 0.833. The summed E-state index contributed by atoms with van der Waals surface area (Å²) in [7, 11) is 3.31. The molecule has 1 aliphatic rings. The van der Waals surface area contributed by atoms with Gasteiger partial charge in [0.2, 0.25) is 5.91 Å². The summed E-state index contributed by atoms with van der Waals surface area (Å²) in [5, 5.41) is 11.8. The van der Waals surface area contributed by atoms with Crippen LogP contribution in [0.1, 0.15) is 6.92 Å². The molecular weight excluding hydrogens is 252 g/mol. The quantitative estimate of drug-likeness (QED) is 0.589. The van der Waals surface area contributed by atoms with E-state index in [1.807, 2.05) is 0 Å². The van der Waals surface area contributed by atoms with E-state index in [1.165, 1.54) is 0 Å². The largest absolute Gasteiger partial charge is 0.481 e. The molecule has 2 N–H and O–H groups in total. The van der Waals surface area contributed by atoms with Gasteiger partial charge in [-0.15, -0.1) is 0 Å². The molecule has 19 heavy (non-hydrogen) atoms. The maximum atomic E-state index is 11.9. The average Bonchev–Trinajstić information content (AvgIpc) is 2.86. The van der Waals surface area contributed by atoms with Crippen LogP contribution in [-0.4, -0.2) is 74.5 Å². The number of amides is 1. The molecule has 110 valence electrons. The first-order chi connectivity index (χ1) is 8.99. The molecular formula is C12H22N2O5. The number of nitrogens with zero attached hydrogens (tertiary/aromatic N) is 1. The lowest BCUT2D eigenvalue weighted by atomic mass is 10.0. The van der Waals surface area contributed by atoms with Crippen molar-refractivity contribution in [3.8, 4) is 0 Å². The third-order valence-electron chi connectivity index (χ3n) is 3.49. The molecule has 0 aromatic heterocycles. The van der Waals surface area contributed by atoms with E-state index in [1.54, 1.807) is 26.0 Å². The van der Waals surface area contributed by atoms with Gasteiger partial charge in [0.05, 0.1) is 31.8 Å². The first-order valence-corrected chi connectivity index (χ1v) is 6.28. The van der Waals surface area contributed by atoms with Crippen LogP contribution in [0.25, 0.3) is 0 Å².